The summed E-state index contributed by atoms with van der Waals surface area (Å²) in [5.41, 5.74) is -0.114. The molecule has 2 saturated heterocycles. The number of carboxylic acid groups (broad SMARTS) is 1. The van der Waals surface area contributed by atoms with Crippen LogP contribution in [0.1, 0.15) is 45.4 Å². The van der Waals surface area contributed by atoms with Crippen molar-refractivity contribution in [2.24, 2.45) is 10.8 Å². The summed E-state index contributed by atoms with van der Waals surface area (Å²) in [5.74, 6) is -0.631. The molecule has 1 N–H and O–H groups in total. The fourth-order valence-corrected chi connectivity index (χ4v) is 4.49. The number of ether oxygens (including phenoxy) is 1. The van der Waals surface area contributed by atoms with E-state index in [9.17, 15) is 9.90 Å². The largest absolute Gasteiger partial charge is 0.481 e. The first-order valence-electron chi connectivity index (χ1n) is 7.61. The van der Waals surface area contributed by atoms with Crippen LogP contribution in [0.15, 0.2) is 0 Å². The Morgan fingerprint density at radius 2 is 2.00 bits per heavy atom. The maximum Gasteiger partial charge on any atom is 0.310 e. The van der Waals surface area contributed by atoms with Gasteiger partial charge in [0.15, 0.2) is 0 Å². The van der Waals surface area contributed by atoms with Crippen LogP contribution in [0.3, 0.4) is 0 Å². The van der Waals surface area contributed by atoms with E-state index < -0.39 is 11.4 Å². The van der Waals surface area contributed by atoms with Crippen molar-refractivity contribution in [2.75, 3.05) is 26.3 Å². The van der Waals surface area contributed by atoms with Gasteiger partial charge in [-0.05, 0) is 51.0 Å². The van der Waals surface area contributed by atoms with E-state index in [2.05, 4.69) is 4.90 Å². The second kappa shape index (κ2) is 4.74. The Hall–Kier alpha value is -0.610. The summed E-state index contributed by atoms with van der Waals surface area (Å²) < 4.78 is 5.53. The summed E-state index contributed by atoms with van der Waals surface area (Å²) in [4.78, 5) is 13.9. The molecule has 2 unspecified atom stereocenters. The van der Waals surface area contributed by atoms with Crippen LogP contribution in [-0.4, -0.2) is 48.3 Å². The van der Waals surface area contributed by atoms with E-state index in [-0.39, 0.29) is 0 Å². The van der Waals surface area contributed by atoms with Crippen molar-refractivity contribution in [1.82, 2.24) is 4.90 Å². The highest BCUT2D eigenvalue weighted by molar-refractivity contribution is 5.74. The van der Waals surface area contributed by atoms with E-state index in [1.807, 2.05) is 6.92 Å². The van der Waals surface area contributed by atoms with Crippen molar-refractivity contribution >= 4 is 5.97 Å². The van der Waals surface area contributed by atoms with Gasteiger partial charge in [-0.1, -0.05) is 6.42 Å². The molecule has 2 atom stereocenters. The number of carbonyl (C=O) groups is 1. The smallest absolute Gasteiger partial charge is 0.310 e. The molecular weight excluding hydrogens is 242 g/mol. The monoisotopic (exact) mass is 267 g/mol. The Labute approximate surface area is 115 Å². The molecule has 4 heteroatoms. The molecule has 3 rings (SSSR count). The zero-order chi connectivity index (χ0) is 13.5. The maximum absolute atomic E-state index is 11.4. The highest BCUT2D eigenvalue weighted by atomic mass is 16.5. The minimum absolute atomic E-state index is 0.419. The SMILES string of the molecule is CC1(C(=O)O)CCN(C2CCCC23CCOCC3)C1. The number of hydrogen-bond donors (Lipinski definition) is 1. The normalized spacial score (nSPS) is 38.9. The lowest BCUT2D eigenvalue weighted by molar-refractivity contribution is -0.147. The van der Waals surface area contributed by atoms with Gasteiger partial charge >= 0.3 is 5.97 Å². The van der Waals surface area contributed by atoms with E-state index in [4.69, 9.17) is 4.74 Å². The Balaban J connectivity index is 1.74. The zero-order valence-electron chi connectivity index (χ0n) is 11.9. The molecule has 0 amide bonds. The molecule has 0 aromatic heterocycles. The van der Waals surface area contributed by atoms with Crippen LogP contribution in [0.25, 0.3) is 0 Å². The maximum atomic E-state index is 11.4. The van der Waals surface area contributed by atoms with Crippen LogP contribution in [0.5, 0.6) is 0 Å². The van der Waals surface area contributed by atoms with Crippen LogP contribution < -0.4 is 0 Å². The van der Waals surface area contributed by atoms with E-state index in [1.165, 1.54) is 19.3 Å². The zero-order valence-corrected chi connectivity index (χ0v) is 11.9. The first-order chi connectivity index (χ1) is 9.06. The molecule has 1 saturated carbocycles. The van der Waals surface area contributed by atoms with E-state index in [1.54, 1.807) is 0 Å². The van der Waals surface area contributed by atoms with Crippen molar-refractivity contribution in [3.8, 4) is 0 Å². The van der Waals surface area contributed by atoms with Gasteiger partial charge in [-0.25, -0.2) is 0 Å². The third-order valence-electron chi connectivity index (χ3n) is 5.81. The van der Waals surface area contributed by atoms with Gasteiger partial charge in [-0.3, -0.25) is 9.69 Å². The Kier molecular flexibility index (Phi) is 3.34. The highest BCUT2D eigenvalue weighted by Gasteiger charge is 2.50. The second-order valence-corrected chi connectivity index (χ2v) is 6.97. The van der Waals surface area contributed by atoms with Crippen LogP contribution in [0.2, 0.25) is 0 Å². The number of rotatable bonds is 2. The summed E-state index contributed by atoms with van der Waals surface area (Å²) in [5, 5.41) is 9.39. The summed E-state index contributed by atoms with van der Waals surface area (Å²) in [6.07, 6.45) is 6.98. The average Bonchev–Trinajstić information content (AvgIpc) is 2.96. The molecule has 0 aromatic rings. The molecule has 19 heavy (non-hydrogen) atoms. The lowest BCUT2D eigenvalue weighted by atomic mass is 9.75. The first kappa shape index (κ1) is 13.4. The summed E-state index contributed by atoms with van der Waals surface area (Å²) in [7, 11) is 0. The van der Waals surface area contributed by atoms with E-state index in [0.717, 1.165) is 45.6 Å². The Morgan fingerprint density at radius 1 is 1.26 bits per heavy atom. The van der Waals surface area contributed by atoms with Gasteiger partial charge in [0.1, 0.15) is 0 Å². The molecular formula is C15H25NO3. The quantitative estimate of drug-likeness (QED) is 0.832. The molecule has 1 aliphatic carbocycles. The molecule has 0 aromatic carbocycles. The molecule has 1 spiro atoms. The van der Waals surface area contributed by atoms with Gasteiger partial charge < -0.3 is 9.84 Å². The van der Waals surface area contributed by atoms with Crippen LogP contribution in [-0.2, 0) is 9.53 Å². The molecule has 2 heterocycles. The molecule has 2 aliphatic heterocycles. The standard InChI is InChI=1S/C15H25NO3/c1-14(13(17)18)5-8-16(11-14)12-3-2-4-15(12)6-9-19-10-7-15/h12H,2-11H2,1H3,(H,17,18). The van der Waals surface area contributed by atoms with Gasteiger partial charge in [-0.15, -0.1) is 0 Å². The molecule has 0 bridgehead atoms. The van der Waals surface area contributed by atoms with Gasteiger partial charge in [0.2, 0.25) is 0 Å². The predicted octanol–water partition coefficient (Wildman–Crippen LogP) is 2.13. The van der Waals surface area contributed by atoms with Crippen molar-refractivity contribution in [1.29, 1.82) is 0 Å². The molecule has 108 valence electrons. The lowest BCUT2D eigenvalue weighted by Crippen LogP contribution is -2.47. The lowest BCUT2D eigenvalue weighted by Gasteiger charge is -2.43. The van der Waals surface area contributed by atoms with E-state index in [0.29, 0.717) is 11.5 Å². The number of hydrogen-bond acceptors (Lipinski definition) is 3. The first-order valence-corrected chi connectivity index (χ1v) is 7.61. The third kappa shape index (κ3) is 2.19. The third-order valence-corrected chi connectivity index (χ3v) is 5.81. The second-order valence-electron chi connectivity index (χ2n) is 6.97. The van der Waals surface area contributed by atoms with Crippen LogP contribution in [0, 0.1) is 10.8 Å². The minimum Gasteiger partial charge on any atom is -0.481 e. The van der Waals surface area contributed by atoms with E-state index >= 15 is 0 Å². The van der Waals surface area contributed by atoms with Crippen molar-refractivity contribution in [2.45, 2.75) is 51.5 Å². The van der Waals surface area contributed by atoms with Gasteiger partial charge in [0, 0.05) is 25.8 Å². The minimum atomic E-state index is -0.631. The Morgan fingerprint density at radius 3 is 2.63 bits per heavy atom. The number of aliphatic carboxylic acids is 1. The van der Waals surface area contributed by atoms with Gasteiger partial charge in [-0.2, -0.15) is 0 Å². The molecule has 4 nitrogen and oxygen atoms in total. The van der Waals surface area contributed by atoms with Crippen molar-refractivity contribution in [3.05, 3.63) is 0 Å². The number of likely N-dealkylation sites (tertiary alicyclic amines) is 1. The van der Waals surface area contributed by atoms with Crippen molar-refractivity contribution in [3.63, 3.8) is 0 Å². The molecule has 0 radical (unpaired) electrons. The van der Waals surface area contributed by atoms with Crippen LogP contribution in [0.4, 0.5) is 0 Å². The summed E-state index contributed by atoms with van der Waals surface area (Å²) in [6.45, 7) is 5.37. The van der Waals surface area contributed by atoms with Crippen LogP contribution >= 0.6 is 0 Å². The fourth-order valence-electron chi connectivity index (χ4n) is 4.49. The fraction of sp³-hybridized carbons (Fsp3) is 0.933. The van der Waals surface area contributed by atoms with Crippen molar-refractivity contribution < 1.29 is 14.6 Å². The summed E-state index contributed by atoms with van der Waals surface area (Å²) in [6, 6.07) is 0.595. The van der Waals surface area contributed by atoms with Gasteiger partial charge in [0.25, 0.3) is 0 Å². The highest BCUT2D eigenvalue weighted by Crippen LogP contribution is 2.50. The predicted molar refractivity (Wildman–Crippen MR) is 72.1 cm³/mol. The number of carboxylic acids is 1. The average molecular weight is 267 g/mol. The summed E-state index contributed by atoms with van der Waals surface area (Å²) >= 11 is 0. The Bertz CT molecular complexity index is 364. The molecule has 3 aliphatic rings. The van der Waals surface area contributed by atoms with Gasteiger partial charge in [0.05, 0.1) is 5.41 Å². The number of nitrogens with zero attached hydrogens (tertiary/aromatic N) is 1. The molecule has 3 fully saturated rings. The topological polar surface area (TPSA) is 49.8 Å².